The lowest BCUT2D eigenvalue weighted by Crippen LogP contribution is -2.41. The van der Waals surface area contributed by atoms with Gasteiger partial charge in [-0.3, -0.25) is 0 Å². The Labute approximate surface area is 114 Å². The molecule has 1 saturated carbocycles. The highest BCUT2D eigenvalue weighted by Gasteiger charge is 2.37. The van der Waals surface area contributed by atoms with Gasteiger partial charge in [0.1, 0.15) is 0 Å². The fourth-order valence-electron chi connectivity index (χ4n) is 2.77. The highest BCUT2D eigenvalue weighted by molar-refractivity contribution is 7.95. The second-order valence-corrected chi connectivity index (χ2v) is 9.80. The molecule has 0 aromatic carbocycles. The smallest absolute Gasteiger partial charge is 0.215 e. The van der Waals surface area contributed by atoms with Gasteiger partial charge in [-0.1, -0.05) is 12.8 Å². The summed E-state index contributed by atoms with van der Waals surface area (Å²) in [6.07, 6.45) is 3.22. The van der Waals surface area contributed by atoms with Gasteiger partial charge in [-0.05, 0) is 25.2 Å². The van der Waals surface area contributed by atoms with Gasteiger partial charge in [-0.15, -0.1) is 0 Å². The lowest BCUT2D eigenvalue weighted by Gasteiger charge is -2.28. The van der Waals surface area contributed by atoms with E-state index in [4.69, 9.17) is 0 Å². The molecule has 2 fully saturated rings. The summed E-state index contributed by atoms with van der Waals surface area (Å²) in [7, 11) is -6.80. The molecule has 2 aliphatic rings. The summed E-state index contributed by atoms with van der Waals surface area (Å²) in [5, 5.41) is 8.95. The summed E-state index contributed by atoms with van der Waals surface area (Å²) in [5.41, 5.74) is 0. The maximum Gasteiger partial charge on any atom is 0.215 e. The number of sulfonamides is 1. The van der Waals surface area contributed by atoms with E-state index in [1.807, 2.05) is 0 Å². The first-order valence-corrected chi connectivity index (χ1v) is 10.0. The fraction of sp³-hybridized carbons (Fsp3) is 1.00. The Kier molecular flexibility index (Phi) is 4.54. The minimum Gasteiger partial charge on any atom is -0.393 e. The van der Waals surface area contributed by atoms with E-state index in [9.17, 15) is 21.9 Å². The van der Waals surface area contributed by atoms with E-state index in [1.165, 1.54) is 0 Å². The van der Waals surface area contributed by atoms with Crippen LogP contribution in [0.3, 0.4) is 0 Å². The van der Waals surface area contributed by atoms with Crippen molar-refractivity contribution < 1.29 is 21.9 Å². The maximum atomic E-state index is 12.0. The van der Waals surface area contributed by atoms with Crippen LogP contribution < -0.4 is 4.72 Å². The molecule has 0 aromatic heterocycles. The number of hydrogen-bond donors (Lipinski definition) is 2. The van der Waals surface area contributed by atoms with Gasteiger partial charge in [0.2, 0.25) is 10.0 Å². The molecule has 8 heteroatoms. The Hall–Kier alpha value is -0.180. The molecule has 0 amide bonds. The zero-order valence-electron chi connectivity index (χ0n) is 10.8. The van der Waals surface area contributed by atoms with Crippen molar-refractivity contribution in [1.82, 2.24) is 4.72 Å². The Bertz CT molecular complexity index is 513. The molecule has 2 rings (SSSR count). The van der Waals surface area contributed by atoms with E-state index in [-0.39, 0.29) is 30.4 Å². The summed E-state index contributed by atoms with van der Waals surface area (Å²) >= 11 is 0. The largest absolute Gasteiger partial charge is 0.393 e. The number of rotatable bonds is 4. The molecule has 1 aliphatic heterocycles. The molecule has 1 heterocycles. The molecule has 1 aliphatic carbocycles. The van der Waals surface area contributed by atoms with Crippen molar-refractivity contribution in [3.05, 3.63) is 0 Å². The average Bonchev–Trinajstić information content (AvgIpc) is 2.69. The van der Waals surface area contributed by atoms with Gasteiger partial charge >= 0.3 is 0 Å². The zero-order chi connectivity index (χ0) is 14.1. The zero-order valence-corrected chi connectivity index (χ0v) is 12.4. The lowest BCUT2D eigenvalue weighted by molar-refractivity contribution is 0.0724. The molecule has 0 spiro atoms. The molecular weight excluding hydrogens is 290 g/mol. The highest BCUT2D eigenvalue weighted by Crippen LogP contribution is 2.24. The Morgan fingerprint density at radius 3 is 2.42 bits per heavy atom. The SMILES string of the molecule is O=S1(=O)CCC(S(=O)(=O)NCC2CCCCC2O)C1. The van der Waals surface area contributed by atoms with Gasteiger partial charge in [0, 0.05) is 6.54 Å². The van der Waals surface area contributed by atoms with E-state index >= 15 is 0 Å². The molecule has 3 atom stereocenters. The van der Waals surface area contributed by atoms with Crippen molar-refractivity contribution >= 4 is 19.9 Å². The number of sulfone groups is 1. The molecule has 0 aromatic rings. The third-order valence-corrected chi connectivity index (χ3v) is 7.87. The van der Waals surface area contributed by atoms with Crippen LogP contribution in [0.1, 0.15) is 32.1 Å². The van der Waals surface area contributed by atoms with Crippen molar-refractivity contribution in [2.24, 2.45) is 5.92 Å². The topological polar surface area (TPSA) is 101 Å². The first-order valence-electron chi connectivity index (χ1n) is 6.67. The quantitative estimate of drug-likeness (QED) is 0.739. The second kappa shape index (κ2) is 5.67. The van der Waals surface area contributed by atoms with Crippen molar-refractivity contribution in [2.75, 3.05) is 18.1 Å². The van der Waals surface area contributed by atoms with Gasteiger partial charge in [0.15, 0.2) is 9.84 Å². The van der Waals surface area contributed by atoms with Gasteiger partial charge in [0.25, 0.3) is 0 Å². The monoisotopic (exact) mass is 311 g/mol. The Morgan fingerprint density at radius 2 is 1.84 bits per heavy atom. The minimum atomic E-state index is -3.59. The molecule has 19 heavy (non-hydrogen) atoms. The first kappa shape index (κ1) is 15.2. The van der Waals surface area contributed by atoms with E-state index in [0.29, 0.717) is 6.42 Å². The predicted octanol–water partition coefficient (Wildman–Crippen LogP) is -0.356. The van der Waals surface area contributed by atoms with Gasteiger partial charge in [-0.25, -0.2) is 21.6 Å². The minimum absolute atomic E-state index is 0.0510. The molecular formula is C11H21NO5S2. The predicted molar refractivity (Wildman–Crippen MR) is 71.9 cm³/mol. The Balaban J connectivity index is 1.91. The van der Waals surface area contributed by atoms with Crippen LogP contribution in [-0.4, -0.2) is 51.3 Å². The average molecular weight is 311 g/mol. The maximum absolute atomic E-state index is 12.0. The van der Waals surface area contributed by atoms with Crippen LogP contribution in [0.4, 0.5) is 0 Å². The summed E-state index contributed by atoms with van der Waals surface area (Å²) in [4.78, 5) is 0. The standard InChI is InChI=1S/C11H21NO5S2/c13-11-4-2-1-3-9(11)7-12-19(16,17)10-5-6-18(14,15)8-10/h9-13H,1-8H2. The van der Waals surface area contributed by atoms with Gasteiger partial charge < -0.3 is 5.11 Å². The van der Waals surface area contributed by atoms with Gasteiger partial charge in [-0.2, -0.15) is 0 Å². The van der Waals surface area contributed by atoms with Crippen molar-refractivity contribution in [1.29, 1.82) is 0 Å². The van der Waals surface area contributed by atoms with Crippen LogP contribution in [0.15, 0.2) is 0 Å². The van der Waals surface area contributed by atoms with Crippen LogP contribution in [0.5, 0.6) is 0 Å². The fourth-order valence-corrected chi connectivity index (χ4v) is 6.91. The summed E-state index contributed by atoms with van der Waals surface area (Å²) in [6.45, 7) is 0.208. The number of nitrogens with one attached hydrogen (secondary N) is 1. The third-order valence-electron chi connectivity index (χ3n) is 4.05. The molecule has 0 bridgehead atoms. The van der Waals surface area contributed by atoms with Crippen molar-refractivity contribution in [3.8, 4) is 0 Å². The summed E-state index contributed by atoms with van der Waals surface area (Å²) in [6, 6.07) is 0. The molecule has 112 valence electrons. The lowest BCUT2D eigenvalue weighted by atomic mass is 9.87. The number of aliphatic hydroxyl groups excluding tert-OH is 1. The van der Waals surface area contributed by atoms with E-state index in [1.54, 1.807) is 0 Å². The van der Waals surface area contributed by atoms with Crippen molar-refractivity contribution in [2.45, 2.75) is 43.5 Å². The number of aliphatic hydroxyl groups is 1. The molecule has 2 N–H and O–H groups in total. The second-order valence-electron chi connectivity index (χ2n) is 5.53. The van der Waals surface area contributed by atoms with Crippen LogP contribution in [-0.2, 0) is 19.9 Å². The van der Waals surface area contributed by atoms with Crippen LogP contribution in [0.25, 0.3) is 0 Å². The first-order chi connectivity index (χ1) is 8.80. The third kappa shape index (κ3) is 3.90. The molecule has 3 unspecified atom stereocenters. The Morgan fingerprint density at radius 1 is 1.16 bits per heavy atom. The highest BCUT2D eigenvalue weighted by atomic mass is 32.2. The van der Waals surface area contributed by atoms with E-state index in [0.717, 1.165) is 19.3 Å². The van der Waals surface area contributed by atoms with Crippen LogP contribution in [0, 0.1) is 5.92 Å². The summed E-state index contributed by atoms with van der Waals surface area (Å²) < 4.78 is 49.1. The van der Waals surface area contributed by atoms with E-state index < -0.39 is 31.2 Å². The van der Waals surface area contributed by atoms with Crippen LogP contribution in [0.2, 0.25) is 0 Å². The number of hydrogen-bond acceptors (Lipinski definition) is 5. The van der Waals surface area contributed by atoms with Gasteiger partial charge in [0.05, 0.1) is 22.9 Å². The molecule has 6 nitrogen and oxygen atoms in total. The van der Waals surface area contributed by atoms with E-state index in [2.05, 4.69) is 4.72 Å². The summed E-state index contributed by atoms with van der Waals surface area (Å²) in [5.74, 6) is -0.387. The molecule has 0 radical (unpaired) electrons. The normalized spacial score (nSPS) is 35.3. The van der Waals surface area contributed by atoms with Crippen molar-refractivity contribution in [3.63, 3.8) is 0 Å². The van der Waals surface area contributed by atoms with Crippen LogP contribution >= 0.6 is 0 Å². The molecule has 1 saturated heterocycles.